The van der Waals surface area contributed by atoms with Crippen molar-refractivity contribution in [1.29, 1.82) is 0 Å². The molecule has 29 heavy (non-hydrogen) atoms. The van der Waals surface area contributed by atoms with Crippen molar-refractivity contribution in [2.24, 2.45) is 0 Å². The van der Waals surface area contributed by atoms with Gasteiger partial charge >= 0.3 is 0 Å². The highest BCUT2D eigenvalue weighted by atomic mass is 35.5. The maximum atomic E-state index is 13.4. The fourth-order valence-corrected chi connectivity index (χ4v) is 3.73. The molecule has 0 amide bonds. The van der Waals surface area contributed by atoms with Crippen LogP contribution in [0.4, 0.5) is 4.39 Å². The van der Waals surface area contributed by atoms with E-state index in [1.165, 1.54) is 11.1 Å². The molecule has 3 aromatic rings. The molecule has 0 saturated carbocycles. The summed E-state index contributed by atoms with van der Waals surface area (Å²) in [5.41, 5.74) is 3.69. The van der Waals surface area contributed by atoms with E-state index in [-0.39, 0.29) is 17.8 Å². The van der Waals surface area contributed by atoms with Crippen molar-refractivity contribution in [2.75, 3.05) is 0 Å². The maximum absolute atomic E-state index is 13.4. The zero-order valence-electron chi connectivity index (χ0n) is 17.1. The molecule has 0 aliphatic heterocycles. The van der Waals surface area contributed by atoms with E-state index in [0.29, 0.717) is 0 Å². The van der Waals surface area contributed by atoms with Crippen LogP contribution in [0, 0.1) is 5.82 Å². The van der Waals surface area contributed by atoms with E-state index in [4.69, 9.17) is 16.3 Å². The smallest absolute Gasteiger partial charge is 0.123 e. The number of benzene rings is 3. The molecular formula is C26H28ClFO. The van der Waals surface area contributed by atoms with Crippen molar-refractivity contribution in [2.45, 2.75) is 51.6 Å². The van der Waals surface area contributed by atoms with Crippen LogP contribution in [-0.2, 0) is 6.42 Å². The van der Waals surface area contributed by atoms with Crippen LogP contribution in [0.3, 0.4) is 0 Å². The van der Waals surface area contributed by atoms with Crippen molar-refractivity contribution in [3.05, 3.63) is 100 Å². The molecule has 3 rings (SSSR count). The van der Waals surface area contributed by atoms with Gasteiger partial charge in [-0.15, -0.1) is 0 Å². The summed E-state index contributed by atoms with van der Waals surface area (Å²) in [7, 11) is 0. The normalized spacial score (nSPS) is 12.2. The van der Waals surface area contributed by atoms with Crippen LogP contribution in [0.1, 0.15) is 55.7 Å². The first-order valence-corrected chi connectivity index (χ1v) is 10.7. The highest BCUT2D eigenvalue weighted by Gasteiger charge is 2.15. The first kappa shape index (κ1) is 21.4. The Bertz CT molecular complexity index is 870. The Kier molecular flexibility index (Phi) is 7.71. The summed E-state index contributed by atoms with van der Waals surface area (Å²) >= 11 is 5.96. The molecule has 0 aromatic heterocycles. The third-order valence-electron chi connectivity index (χ3n) is 5.05. The number of halogens is 2. The summed E-state index contributed by atoms with van der Waals surface area (Å²) in [5, 5.41) is 0.773. The molecule has 0 N–H and O–H groups in total. The Hall–Kier alpha value is -2.32. The minimum Gasteiger partial charge on any atom is -0.491 e. The Morgan fingerprint density at radius 2 is 1.38 bits per heavy atom. The number of hydrogen-bond donors (Lipinski definition) is 0. The third-order valence-corrected chi connectivity index (χ3v) is 5.30. The fourth-order valence-electron chi connectivity index (χ4n) is 3.60. The van der Waals surface area contributed by atoms with Crippen LogP contribution >= 0.6 is 11.6 Å². The predicted octanol–water partition coefficient (Wildman–Crippen LogP) is 7.81. The lowest BCUT2D eigenvalue weighted by atomic mass is 9.86. The van der Waals surface area contributed by atoms with E-state index in [9.17, 15) is 4.39 Å². The van der Waals surface area contributed by atoms with Crippen molar-refractivity contribution in [3.8, 4) is 5.75 Å². The SMILES string of the molecule is CC(C)Oc1ccc([C@H](CCCCc2ccc(Cl)cc2)c2ccc(F)cc2)cc1. The van der Waals surface area contributed by atoms with Crippen LogP contribution in [0.2, 0.25) is 5.02 Å². The summed E-state index contributed by atoms with van der Waals surface area (Å²) in [4.78, 5) is 0. The zero-order chi connectivity index (χ0) is 20.6. The van der Waals surface area contributed by atoms with E-state index in [1.807, 2.05) is 50.2 Å². The Labute approximate surface area is 178 Å². The second-order valence-corrected chi connectivity index (χ2v) is 8.15. The van der Waals surface area contributed by atoms with E-state index in [1.54, 1.807) is 12.1 Å². The average Bonchev–Trinajstić information content (AvgIpc) is 2.71. The summed E-state index contributed by atoms with van der Waals surface area (Å²) in [6.07, 6.45) is 4.41. The molecule has 0 aliphatic rings. The molecule has 0 radical (unpaired) electrons. The van der Waals surface area contributed by atoms with Gasteiger partial charge in [-0.3, -0.25) is 0 Å². The quantitative estimate of drug-likeness (QED) is 0.327. The first-order valence-electron chi connectivity index (χ1n) is 10.3. The van der Waals surface area contributed by atoms with Gasteiger partial charge in [0.1, 0.15) is 11.6 Å². The number of rotatable bonds is 9. The Morgan fingerprint density at radius 3 is 1.97 bits per heavy atom. The van der Waals surface area contributed by atoms with Crippen LogP contribution in [0.25, 0.3) is 0 Å². The minimum absolute atomic E-state index is 0.154. The molecule has 0 spiro atoms. The van der Waals surface area contributed by atoms with Crippen molar-refractivity contribution < 1.29 is 9.13 Å². The summed E-state index contributed by atoms with van der Waals surface area (Å²) in [5.74, 6) is 0.925. The summed E-state index contributed by atoms with van der Waals surface area (Å²) in [6.45, 7) is 4.05. The molecule has 3 aromatic carbocycles. The van der Waals surface area contributed by atoms with Gasteiger partial charge in [-0.1, -0.05) is 54.4 Å². The second kappa shape index (κ2) is 10.5. The van der Waals surface area contributed by atoms with Crippen LogP contribution in [0.5, 0.6) is 5.75 Å². The van der Waals surface area contributed by atoms with Crippen molar-refractivity contribution in [1.82, 2.24) is 0 Å². The molecule has 0 heterocycles. The molecule has 152 valence electrons. The molecule has 0 bridgehead atoms. The monoisotopic (exact) mass is 410 g/mol. The van der Waals surface area contributed by atoms with Crippen LogP contribution in [0.15, 0.2) is 72.8 Å². The van der Waals surface area contributed by atoms with Gasteiger partial charge < -0.3 is 4.74 Å². The van der Waals surface area contributed by atoms with Crippen molar-refractivity contribution >= 4 is 11.6 Å². The molecule has 0 fully saturated rings. The highest BCUT2D eigenvalue weighted by molar-refractivity contribution is 6.30. The Balaban J connectivity index is 1.67. The Morgan fingerprint density at radius 1 is 0.793 bits per heavy atom. The van der Waals surface area contributed by atoms with Gasteiger partial charge in [-0.25, -0.2) is 4.39 Å². The molecule has 0 saturated heterocycles. The van der Waals surface area contributed by atoms with Crippen LogP contribution < -0.4 is 4.74 Å². The van der Waals surface area contributed by atoms with Gasteiger partial charge in [0.25, 0.3) is 0 Å². The molecule has 0 unspecified atom stereocenters. The number of hydrogen-bond acceptors (Lipinski definition) is 1. The molecule has 3 heteroatoms. The van der Waals surface area contributed by atoms with E-state index in [0.717, 1.165) is 42.0 Å². The lowest BCUT2D eigenvalue weighted by Gasteiger charge is -2.19. The van der Waals surface area contributed by atoms with Crippen molar-refractivity contribution in [3.63, 3.8) is 0 Å². The summed E-state index contributed by atoms with van der Waals surface area (Å²) < 4.78 is 19.2. The van der Waals surface area contributed by atoms with E-state index < -0.39 is 0 Å². The van der Waals surface area contributed by atoms with Gasteiger partial charge in [0, 0.05) is 10.9 Å². The van der Waals surface area contributed by atoms with E-state index >= 15 is 0 Å². The standard InChI is InChI=1S/C26H28ClFO/c1-19(2)29-25-17-11-22(12-18-25)26(21-9-15-24(28)16-10-21)6-4-3-5-20-7-13-23(27)14-8-20/h7-19,26H,3-6H2,1-2H3/t26-/m1/s1. The van der Waals surface area contributed by atoms with E-state index in [2.05, 4.69) is 24.3 Å². The second-order valence-electron chi connectivity index (χ2n) is 7.71. The molecule has 1 atom stereocenters. The third kappa shape index (κ3) is 6.61. The number of aryl methyl sites for hydroxylation is 1. The average molecular weight is 411 g/mol. The molecular weight excluding hydrogens is 383 g/mol. The van der Waals surface area contributed by atoms with Gasteiger partial charge in [0.05, 0.1) is 6.10 Å². The first-order chi connectivity index (χ1) is 14.0. The van der Waals surface area contributed by atoms with Gasteiger partial charge in [-0.2, -0.15) is 0 Å². The summed E-state index contributed by atoms with van der Waals surface area (Å²) in [6, 6.07) is 23.3. The lowest BCUT2D eigenvalue weighted by molar-refractivity contribution is 0.242. The van der Waals surface area contributed by atoms with Gasteiger partial charge in [0.2, 0.25) is 0 Å². The number of unbranched alkanes of at least 4 members (excludes halogenated alkanes) is 1. The van der Waals surface area contributed by atoms with Gasteiger partial charge in [0.15, 0.2) is 0 Å². The van der Waals surface area contributed by atoms with Gasteiger partial charge in [-0.05, 0) is 86.2 Å². The topological polar surface area (TPSA) is 9.23 Å². The van der Waals surface area contributed by atoms with Crippen LogP contribution in [-0.4, -0.2) is 6.10 Å². The fraction of sp³-hybridized carbons (Fsp3) is 0.308. The minimum atomic E-state index is -0.198. The number of ether oxygens (including phenoxy) is 1. The predicted molar refractivity (Wildman–Crippen MR) is 119 cm³/mol. The lowest BCUT2D eigenvalue weighted by Crippen LogP contribution is -2.06. The largest absolute Gasteiger partial charge is 0.491 e. The molecule has 1 nitrogen and oxygen atoms in total. The maximum Gasteiger partial charge on any atom is 0.123 e. The zero-order valence-corrected chi connectivity index (χ0v) is 17.8. The molecule has 0 aliphatic carbocycles. The highest BCUT2D eigenvalue weighted by Crippen LogP contribution is 2.31.